The molecular formula is C17H13F2N3O2. The quantitative estimate of drug-likeness (QED) is 0.769. The van der Waals surface area contributed by atoms with Crippen molar-refractivity contribution < 1.29 is 13.5 Å². The third kappa shape index (κ3) is 3.40. The van der Waals surface area contributed by atoms with E-state index in [4.69, 9.17) is 4.74 Å². The lowest BCUT2D eigenvalue weighted by Crippen LogP contribution is -2.11. The van der Waals surface area contributed by atoms with Crippen LogP contribution in [0.3, 0.4) is 0 Å². The smallest absolute Gasteiger partial charge is 0.252 e. The maximum absolute atomic E-state index is 13.7. The van der Waals surface area contributed by atoms with Gasteiger partial charge in [-0.05, 0) is 36.4 Å². The maximum atomic E-state index is 13.7. The molecule has 0 spiro atoms. The molecule has 2 aromatic carbocycles. The van der Waals surface area contributed by atoms with Crippen molar-refractivity contribution in [1.29, 1.82) is 0 Å². The summed E-state index contributed by atoms with van der Waals surface area (Å²) < 4.78 is 32.0. The first kappa shape index (κ1) is 15.7. The third-order valence-corrected chi connectivity index (χ3v) is 3.31. The molecule has 0 atom stereocenters. The Morgan fingerprint density at radius 2 is 1.83 bits per heavy atom. The Morgan fingerprint density at radius 3 is 2.54 bits per heavy atom. The molecule has 0 bridgehead atoms. The first-order chi connectivity index (χ1) is 11.5. The molecule has 1 aromatic heterocycles. The molecule has 0 unspecified atom stereocenters. The number of aromatic amines is 1. The number of nitrogens with one attached hydrogen (secondary N) is 2. The van der Waals surface area contributed by atoms with E-state index in [0.29, 0.717) is 17.0 Å². The minimum Gasteiger partial charge on any atom is -0.497 e. The molecule has 0 aliphatic carbocycles. The number of halogens is 2. The summed E-state index contributed by atoms with van der Waals surface area (Å²) in [6.45, 7) is 0. The molecule has 0 aliphatic heterocycles. The standard InChI is InChI=1S/C17H13F2N3O2/c1-24-12-5-2-10(3-6-12)14-9-16(23)22-17(20-14)21-15-8-11(18)4-7-13(15)19/h2-9H,1H3,(H2,20,21,22,23). The van der Waals surface area contributed by atoms with E-state index in [2.05, 4.69) is 15.3 Å². The van der Waals surface area contributed by atoms with Crippen molar-refractivity contribution in [2.24, 2.45) is 0 Å². The summed E-state index contributed by atoms with van der Waals surface area (Å²) >= 11 is 0. The zero-order valence-electron chi connectivity index (χ0n) is 12.6. The molecule has 122 valence electrons. The lowest BCUT2D eigenvalue weighted by atomic mass is 10.1. The molecule has 0 radical (unpaired) electrons. The average Bonchev–Trinajstić information content (AvgIpc) is 2.58. The number of hydrogen-bond acceptors (Lipinski definition) is 4. The van der Waals surface area contributed by atoms with Crippen molar-refractivity contribution >= 4 is 11.6 Å². The number of hydrogen-bond donors (Lipinski definition) is 2. The fraction of sp³-hybridized carbons (Fsp3) is 0.0588. The average molecular weight is 329 g/mol. The molecule has 0 fully saturated rings. The molecule has 24 heavy (non-hydrogen) atoms. The van der Waals surface area contributed by atoms with Crippen LogP contribution >= 0.6 is 0 Å². The predicted octanol–water partition coefficient (Wildman–Crippen LogP) is 3.47. The molecule has 3 aromatic rings. The molecule has 2 N–H and O–H groups in total. The number of rotatable bonds is 4. The van der Waals surface area contributed by atoms with E-state index < -0.39 is 17.2 Å². The van der Waals surface area contributed by atoms with Crippen LogP contribution in [-0.4, -0.2) is 17.1 Å². The van der Waals surface area contributed by atoms with Crippen LogP contribution in [0.4, 0.5) is 20.4 Å². The highest BCUT2D eigenvalue weighted by Gasteiger charge is 2.08. The van der Waals surface area contributed by atoms with Crippen LogP contribution in [0, 0.1) is 11.6 Å². The van der Waals surface area contributed by atoms with Gasteiger partial charge in [0.1, 0.15) is 17.4 Å². The fourth-order valence-electron chi connectivity index (χ4n) is 2.15. The number of anilines is 2. The number of nitrogens with zero attached hydrogens (tertiary/aromatic N) is 1. The lowest BCUT2D eigenvalue weighted by Gasteiger charge is -2.08. The molecular weight excluding hydrogens is 316 g/mol. The summed E-state index contributed by atoms with van der Waals surface area (Å²) in [5.74, 6) is -0.581. The Morgan fingerprint density at radius 1 is 1.08 bits per heavy atom. The summed E-state index contributed by atoms with van der Waals surface area (Å²) in [7, 11) is 1.55. The fourth-order valence-corrected chi connectivity index (χ4v) is 2.15. The molecule has 1 heterocycles. The van der Waals surface area contributed by atoms with Gasteiger partial charge < -0.3 is 10.1 Å². The van der Waals surface area contributed by atoms with E-state index in [0.717, 1.165) is 18.2 Å². The van der Waals surface area contributed by atoms with E-state index in [9.17, 15) is 13.6 Å². The van der Waals surface area contributed by atoms with Gasteiger partial charge >= 0.3 is 0 Å². The molecule has 0 saturated carbocycles. The second-order valence-corrected chi connectivity index (χ2v) is 4.96. The van der Waals surface area contributed by atoms with Crippen molar-refractivity contribution in [1.82, 2.24) is 9.97 Å². The predicted molar refractivity (Wildman–Crippen MR) is 86.5 cm³/mol. The number of methoxy groups -OCH3 is 1. The molecule has 0 amide bonds. The summed E-state index contributed by atoms with van der Waals surface area (Å²) in [5.41, 5.74) is 0.533. The van der Waals surface area contributed by atoms with Crippen LogP contribution in [0.2, 0.25) is 0 Å². The summed E-state index contributed by atoms with van der Waals surface area (Å²) in [6.07, 6.45) is 0. The SMILES string of the molecule is COc1ccc(-c2cc(=O)[nH]c(Nc3cc(F)ccc3F)n2)cc1. The monoisotopic (exact) mass is 329 g/mol. The maximum Gasteiger partial charge on any atom is 0.252 e. The van der Waals surface area contributed by atoms with Gasteiger partial charge in [0.2, 0.25) is 5.95 Å². The van der Waals surface area contributed by atoms with E-state index in [1.54, 1.807) is 31.4 Å². The van der Waals surface area contributed by atoms with Crippen LogP contribution in [0.5, 0.6) is 5.75 Å². The van der Waals surface area contributed by atoms with Crippen molar-refractivity contribution in [3.63, 3.8) is 0 Å². The van der Waals surface area contributed by atoms with Crippen molar-refractivity contribution in [3.8, 4) is 17.0 Å². The van der Waals surface area contributed by atoms with Gasteiger partial charge in [0.25, 0.3) is 5.56 Å². The third-order valence-electron chi connectivity index (χ3n) is 3.31. The van der Waals surface area contributed by atoms with E-state index >= 15 is 0 Å². The highest BCUT2D eigenvalue weighted by atomic mass is 19.1. The van der Waals surface area contributed by atoms with Gasteiger partial charge in [-0.2, -0.15) is 0 Å². The first-order valence-corrected chi connectivity index (χ1v) is 7.03. The zero-order valence-corrected chi connectivity index (χ0v) is 12.6. The van der Waals surface area contributed by atoms with Gasteiger partial charge in [-0.3, -0.25) is 9.78 Å². The molecule has 3 rings (SSSR count). The topological polar surface area (TPSA) is 67.0 Å². The largest absolute Gasteiger partial charge is 0.497 e. The minimum absolute atomic E-state index is 0.0119. The first-order valence-electron chi connectivity index (χ1n) is 7.03. The number of benzene rings is 2. The normalized spacial score (nSPS) is 10.5. The van der Waals surface area contributed by atoms with Crippen LogP contribution in [0.15, 0.2) is 53.3 Å². The Hall–Kier alpha value is -3.22. The highest BCUT2D eigenvalue weighted by molar-refractivity contribution is 5.62. The number of aromatic nitrogens is 2. The second-order valence-electron chi connectivity index (χ2n) is 4.96. The molecule has 7 heteroatoms. The van der Waals surface area contributed by atoms with Gasteiger partial charge in [-0.25, -0.2) is 13.8 Å². The van der Waals surface area contributed by atoms with Crippen molar-refractivity contribution in [2.75, 3.05) is 12.4 Å². The number of H-pyrrole nitrogens is 1. The molecule has 0 aliphatic rings. The molecule has 0 saturated heterocycles. The van der Waals surface area contributed by atoms with Crippen molar-refractivity contribution in [3.05, 3.63) is 70.5 Å². The van der Waals surface area contributed by atoms with E-state index in [-0.39, 0.29) is 11.6 Å². The van der Waals surface area contributed by atoms with E-state index in [1.807, 2.05) is 0 Å². The summed E-state index contributed by atoms with van der Waals surface area (Å²) in [6, 6.07) is 11.2. The van der Waals surface area contributed by atoms with Crippen LogP contribution in [0.25, 0.3) is 11.3 Å². The van der Waals surface area contributed by atoms with Gasteiger partial charge in [0.05, 0.1) is 18.5 Å². The Kier molecular flexibility index (Phi) is 4.24. The van der Waals surface area contributed by atoms with Crippen LogP contribution in [-0.2, 0) is 0 Å². The Bertz CT molecular complexity index is 924. The van der Waals surface area contributed by atoms with Crippen LogP contribution in [0.1, 0.15) is 0 Å². The summed E-state index contributed by atoms with van der Waals surface area (Å²) in [4.78, 5) is 18.5. The zero-order chi connectivity index (χ0) is 17.1. The van der Waals surface area contributed by atoms with Crippen molar-refractivity contribution in [2.45, 2.75) is 0 Å². The van der Waals surface area contributed by atoms with Gasteiger partial charge in [0.15, 0.2) is 0 Å². The Labute approximate surface area is 136 Å². The highest BCUT2D eigenvalue weighted by Crippen LogP contribution is 2.22. The minimum atomic E-state index is -0.658. The lowest BCUT2D eigenvalue weighted by molar-refractivity contribution is 0.415. The Balaban J connectivity index is 1.96. The van der Waals surface area contributed by atoms with E-state index in [1.165, 1.54) is 6.07 Å². The van der Waals surface area contributed by atoms with Gasteiger partial charge in [-0.1, -0.05) is 0 Å². The van der Waals surface area contributed by atoms with Crippen LogP contribution < -0.4 is 15.6 Å². The van der Waals surface area contributed by atoms with Gasteiger partial charge in [0, 0.05) is 17.7 Å². The van der Waals surface area contributed by atoms with Gasteiger partial charge in [-0.15, -0.1) is 0 Å². The summed E-state index contributed by atoms with van der Waals surface area (Å²) in [5, 5.41) is 2.58. The molecule has 5 nitrogen and oxygen atoms in total. The number of ether oxygens (including phenoxy) is 1. The second kappa shape index (κ2) is 6.49.